The molecule has 0 saturated heterocycles. The van der Waals surface area contributed by atoms with Crippen LogP contribution in [0.15, 0.2) is 46.9 Å². The van der Waals surface area contributed by atoms with Crippen LogP contribution in [0.25, 0.3) is 0 Å². The van der Waals surface area contributed by atoms with E-state index in [0.717, 1.165) is 10.0 Å². The lowest BCUT2D eigenvalue weighted by Gasteiger charge is -2.05. The van der Waals surface area contributed by atoms with Gasteiger partial charge in [-0.25, -0.2) is 0 Å². The van der Waals surface area contributed by atoms with E-state index in [2.05, 4.69) is 15.9 Å². The van der Waals surface area contributed by atoms with E-state index in [1.54, 1.807) is 18.2 Å². The number of benzene rings is 2. The van der Waals surface area contributed by atoms with Gasteiger partial charge in [-0.1, -0.05) is 22.0 Å². The number of phenols is 1. The predicted octanol–water partition coefficient (Wildman–Crippen LogP) is 3.69. The number of hydrogen-bond donors (Lipinski definition) is 1. The summed E-state index contributed by atoms with van der Waals surface area (Å²) in [6.45, 7) is 1.97. The van der Waals surface area contributed by atoms with Crippen LogP contribution in [-0.2, 0) is 0 Å². The first-order valence-electron chi connectivity index (χ1n) is 5.18. The number of ketones is 1. The molecule has 0 radical (unpaired) electrons. The maximum absolute atomic E-state index is 12.2. The molecule has 2 rings (SSSR count). The lowest BCUT2D eigenvalue weighted by atomic mass is 10.0. The minimum Gasteiger partial charge on any atom is -0.508 e. The Morgan fingerprint density at radius 1 is 1.12 bits per heavy atom. The van der Waals surface area contributed by atoms with Crippen LogP contribution in [0.1, 0.15) is 21.5 Å². The van der Waals surface area contributed by atoms with Gasteiger partial charge in [0.1, 0.15) is 5.75 Å². The monoisotopic (exact) mass is 290 g/mol. The molecule has 86 valence electrons. The van der Waals surface area contributed by atoms with E-state index in [1.807, 2.05) is 19.1 Å². The molecular weight excluding hydrogens is 280 g/mol. The highest BCUT2D eigenvalue weighted by molar-refractivity contribution is 9.10. The fraction of sp³-hybridized carbons (Fsp3) is 0.0714. The molecule has 0 aliphatic carbocycles. The van der Waals surface area contributed by atoms with Crippen molar-refractivity contribution >= 4 is 21.7 Å². The fourth-order valence-corrected chi connectivity index (χ4v) is 2.25. The highest BCUT2D eigenvalue weighted by Gasteiger charge is 2.12. The van der Waals surface area contributed by atoms with Crippen LogP contribution in [0, 0.1) is 6.92 Å². The topological polar surface area (TPSA) is 37.3 Å². The van der Waals surface area contributed by atoms with Gasteiger partial charge < -0.3 is 5.11 Å². The van der Waals surface area contributed by atoms with E-state index in [-0.39, 0.29) is 11.5 Å². The largest absolute Gasteiger partial charge is 0.508 e. The Bertz CT molecular complexity index is 559. The number of carbonyl (C=O) groups excluding carboxylic acids is 1. The predicted molar refractivity (Wildman–Crippen MR) is 70.4 cm³/mol. The first-order chi connectivity index (χ1) is 8.08. The van der Waals surface area contributed by atoms with E-state index >= 15 is 0 Å². The second-order valence-corrected chi connectivity index (χ2v) is 4.71. The second-order valence-electron chi connectivity index (χ2n) is 3.86. The first-order valence-corrected chi connectivity index (χ1v) is 5.97. The van der Waals surface area contributed by atoms with E-state index in [9.17, 15) is 9.90 Å². The number of halogens is 1. The third kappa shape index (κ3) is 2.56. The first kappa shape index (κ1) is 11.9. The summed E-state index contributed by atoms with van der Waals surface area (Å²) >= 11 is 3.39. The molecule has 0 aliphatic heterocycles. The zero-order valence-corrected chi connectivity index (χ0v) is 10.9. The van der Waals surface area contributed by atoms with Crippen molar-refractivity contribution in [1.29, 1.82) is 0 Å². The number of aromatic hydroxyl groups is 1. The second kappa shape index (κ2) is 4.72. The third-order valence-corrected chi connectivity index (χ3v) is 3.15. The average Bonchev–Trinajstić information content (AvgIpc) is 2.29. The summed E-state index contributed by atoms with van der Waals surface area (Å²) in [5.41, 5.74) is 2.28. The average molecular weight is 291 g/mol. The summed E-state index contributed by atoms with van der Waals surface area (Å²) in [4.78, 5) is 12.2. The molecule has 2 aromatic rings. The molecule has 0 atom stereocenters. The third-order valence-electron chi connectivity index (χ3n) is 2.50. The zero-order valence-electron chi connectivity index (χ0n) is 9.27. The van der Waals surface area contributed by atoms with Crippen molar-refractivity contribution in [2.75, 3.05) is 0 Å². The molecular formula is C14H11BrO2. The smallest absolute Gasteiger partial charge is 0.194 e. The van der Waals surface area contributed by atoms with Gasteiger partial charge in [-0.15, -0.1) is 0 Å². The molecule has 0 spiro atoms. The van der Waals surface area contributed by atoms with Gasteiger partial charge in [0.15, 0.2) is 5.78 Å². The summed E-state index contributed by atoms with van der Waals surface area (Å²) in [5.74, 6) is 0.0985. The summed E-state index contributed by atoms with van der Waals surface area (Å²) in [6, 6.07) is 11.9. The van der Waals surface area contributed by atoms with Crippen molar-refractivity contribution in [2.45, 2.75) is 6.92 Å². The Kier molecular flexibility index (Phi) is 3.29. The summed E-state index contributed by atoms with van der Waals surface area (Å²) in [7, 11) is 0. The number of hydrogen-bond acceptors (Lipinski definition) is 2. The Morgan fingerprint density at radius 3 is 2.35 bits per heavy atom. The number of carbonyl (C=O) groups is 1. The van der Waals surface area contributed by atoms with E-state index < -0.39 is 0 Å². The normalized spacial score (nSPS) is 10.2. The van der Waals surface area contributed by atoms with Crippen LogP contribution in [0.4, 0.5) is 0 Å². The van der Waals surface area contributed by atoms with Crippen LogP contribution in [0.5, 0.6) is 5.75 Å². The molecule has 0 aromatic heterocycles. The van der Waals surface area contributed by atoms with Gasteiger partial charge in [0, 0.05) is 15.6 Å². The summed E-state index contributed by atoms with van der Waals surface area (Å²) in [5, 5.41) is 9.18. The van der Waals surface area contributed by atoms with Gasteiger partial charge in [-0.3, -0.25) is 4.79 Å². The number of phenolic OH excluding ortho intramolecular Hbond substituents is 1. The highest BCUT2D eigenvalue weighted by atomic mass is 79.9. The molecule has 0 bridgehead atoms. The number of aryl methyl sites for hydroxylation is 1. The molecule has 17 heavy (non-hydrogen) atoms. The lowest BCUT2D eigenvalue weighted by molar-refractivity contribution is 0.103. The van der Waals surface area contributed by atoms with Crippen LogP contribution in [0.3, 0.4) is 0 Å². The van der Waals surface area contributed by atoms with Crippen LogP contribution in [0.2, 0.25) is 0 Å². The fourth-order valence-electron chi connectivity index (χ4n) is 1.57. The molecule has 0 heterocycles. The highest BCUT2D eigenvalue weighted by Crippen LogP contribution is 2.22. The van der Waals surface area contributed by atoms with E-state index in [0.29, 0.717) is 11.1 Å². The van der Waals surface area contributed by atoms with Gasteiger partial charge in [-0.05, 0) is 48.9 Å². The van der Waals surface area contributed by atoms with E-state index in [1.165, 1.54) is 12.1 Å². The molecule has 2 aromatic carbocycles. The minimum atomic E-state index is -0.0584. The maximum atomic E-state index is 12.2. The van der Waals surface area contributed by atoms with Crippen molar-refractivity contribution in [3.63, 3.8) is 0 Å². The molecule has 2 nitrogen and oxygen atoms in total. The Labute approximate surface area is 108 Å². The Hall–Kier alpha value is -1.61. The molecule has 1 N–H and O–H groups in total. The zero-order chi connectivity index (χ0) is 12.4. The van der Waals surface area contributed by atoms with Crippen molar-refractivity contribution < 1.29 is 9.90 Å². The van der Waals surface area contributed by atoms with Crippen molar-refractivity contribution in [3.05, 3.63) is 63.6 Å². The molecule has 0 unspecified atom stereocenters. The van der Waals surface area contributed by atoms with Crippen LogP contribution in [-0.4, -0.2) is 10.9 Å². The van der Waals surface area contributed by atoms with Gasteiger partial charge in [-0.2, -0.15) is 0 Å². The summed E-state index contributed by atoms with van der Waals surface area (Å²) < 4.78 is 0.788. The van der Waals surface area contributed by atoms with Crippen LogP contribution >= 0.6 is 15.9 Å². The van der Waals surface area contributed by atoms with Crippen molar-refractivity contribution in [2.24, 2.45) is 0 Å². The van der Waals surface area contributed by atoms with E-state index in [4.69, 9.17) is 0 Å². The number of rotatable bonds is 2. The molecule has 0 saturated carbocycles. The van der Waals surface area contributed by atoms with Gasteiger partial charge in [0.25, 0.3) is 0 Å². The lowest BCUT2D eigenvalue weighted by Crippen LogP contribution is -2.02. The molecule has 0 amide bonds. The van der Waals surface area contributed by atoms with Crippen LogP contribution < -0.4 is 0 Å². The maximum Gasteiger partial charge on any atom is 0.194 e. The quantitative estimate of drug-likeness (QED) is 0.857. The summed E-state index contributed by atoms with van der Waals surface area (Å²) in [6.07, 6.45) is 0. The van der Waals surface area contributed by atoms with Gasteiger partial charge in [0.05, 0.1) is 0 Å². The van der Waals surface area contributed by atoms with Crippen molar-refractivity contribution in [3.8, 4) is 5.75 Å². The van der Waals surface area contributed by atoms with Crippen molar-refractivity contribution in [1.82, 2.24) is 0 Å². The molecule has 0 fully saturated rings. The molecule has 0 aliphatic rings. The Morgan fingerprint density at radius 2 is 1.76 bits per heavy atom. The Balaban J connectivity index is 2.40. The van der Waals surface area contributed by atoms with Gasteiger partial charge in [0.2, 0.25) is 0 Å². The molecule has 3 heteroatoms. The SMILES string of the molecule is Cc1ccc(C(=O)c2ccc(O)cc2)c(Br)c1. The van der Waals surface area contributed by atoms with Gasteiger partial charge >= 0.3 is 0 Å². The standard InChI is InChI=1S/C14H11BrO2/c1-9-2-7-12(13(15)8-9)14(17)10-3-5-11(16)6-4-10/h2-8,16H,1H3. The minimum absolute atomic E-state index is 0.0584.